The standard InChI is InChI=1S/C35H41BrFN5O6S2/c1-34(14-15-34)50(46,47)41-32(45)35-19-21(35)8-5-3-2-4-6-11-27(38-24-10-7-9-23(37)17-24)31(44)42-20-25(18-28(42)30(43)40-35)48-33-39-26-13-12-22(36)16-29(26)49-33/h7,9-10,12-13,16-17,21,25,27-28,38H,2-6,8,11,14-15,18-20H2,1H3,(H,40,43)(H,41,45)/t21-,25-,27+,28+,35-/m1/s1. The molecule has 50 heavy (non-hydrogen) atoms. The number of anilines is 1. The quantitative estimate of drug-likeness (QED) is 0.279. The molecule has 2 saturated heterocycles. The maximum Gasteiger partial charge on any atom is 0.274 e. The van der Waals surface area contributed by atoms with Gasteiger partial charge < -0.3 is 20.3 Å². The summed E-state index contributed by atoms with van der Waals surface area (Å²) in [5, 5.41) is 6.58. The van der Waals surface area contributed by atoms with E-state index in [1.54, 1.807) is 19.1 Å². The van der Waals surface area contributed by atoms with E-state index in [9.17, 15) is 27.2 Å². The van der Waals surface area contributed by atoms with Gasteiger partial charge in [-0.1, -0.05) is 65.4 Å². The molecule has 0 bridgehead atoms. The van der Waals surface area contributed by atoms with Crippen LogP contribution in [0.1, 0.15) is 77.6 Å². The second-order valence-corrected chi connectivity index (χ2v) is 18.5. The van der Waals surface area contributed by atoms with Gasteiger partial charge in [0, 0.05) is 16.6 Å². The van der Waals surface area contributed by atoms with E-state index in [0.29, 0.717) is 43.0 Å². The van der Waals surface area contributed by atoms with Gasteiger partial charge in [0.2, 0.25) is 21.8 Å². The Labute approximate surface area is 303 Å². The van der Waals surface area contributed by atoms with Crippen LogP contribution in [0, 0.1) is 11.7 Å². The second kappa shape index (κ2) is 13.7. The van der Waals surface area contributed by atoms with Crippen molar-refractivity contribution in [3.05, 3.63) is 52.8 Å². The van der Waals surface area contributed by atoms with E-state index in [2.05, 4.69) is 36.3 Å². The second-order valence-electron chi connectivity index (χ2n) is 14.4. The van der Waals surface area contributed by atoms with Crippen molar-refractivity contribution in [2.75, 3.05) is 11.9 Å². The molecular weight excluding hydrogens is 749 g/mol. The molecule has 4 fully saturated rings. The van der Waals surface area contributed by atoms with E-state index in [-0.39, 0.29) is 24.8 Å². The molecule has 0 spiro atoms. The minimum absolute atomic E-state index is 0.0905. The Balaban J connectivity index is 1.18. The Bertz CT molecular complexity index is 1920. The Morgan fingerprint density at radius 1 is 1.10 bits per heavy atom. The maximum absolute atomic E-state index is 14.4. The predicted octanol–water partition coefficient (Wildman–Crippen LogP) is 5.64. The first-order chi connectivity index (χ1) is 23.9. The van der Waals surface area contributed by atoms with Gasteiger partial charge >= 0.3 is 0 Å². The molecule has 11 nitrogen and oxygen atoms in total. The molecule has 0 unspecified atom stereocenters. The number of nitrogens with zero attached hydrogens (tertiary/aromatic N) is 2. The molecule has 15 heteroatoms. The lowest BCUT2D eigenvalue weighted by atomic mass is 10.0. The van der Waals surface area contributed by atoms with Crippen LogP contribution in [0.25, 0.3) is 10.2 Å². The van der Waals surface area contributed by atoms with Gasteiger partial charge in [0.05, 0.1) is 21.5 Å². The van der Waals surface area contributed by atoms with Gasteiger partial charge in [0.15, 0.2) is 0 Å². The van der Waals surface area contributed by atoms with Crippen LogP contribution in [-0.4, -0.2) is 71.0 Å². The summed E-state index contributed by atoms with van der Waals surface area (Å²) >= 11 is 4.84. The van der Waals surface area contributed by atoms with Gasteiger partial charge in [0.1, 0.15) is 29.5 Å². The van der Waals surface area contributed by atoms with Crippen molar-refractivity contribution in [1.29, 1.82) is 0 Å². The fourth-order valence-corrected chi connectivity index (χ4v) is 9.95. The SMILES string of the molecule is CC1(S(=O)(=O)NC(=O)[C@@]23C[C@H]2CCCCCCC[C@H](Nc2cccc(F)c2)C(=O)N2C[C@H](Oc4nc5ccc(Br)cc5s4)C[C@H]2C(=O)N3)CC1. The predicted molar refractivity (Wildman–Crippen MR) is 192 cm³/mol. The number of carbonyl (C=O) groups is 3. The molecule has 3 amide bonds. The molecule has 2 aliphatic carbocycles. The van der Waals surface area contributed by atoms with Crippen molar-refractivity contribution in [3.8, 4) is 5.19 Å². The number of thiazole rings is 1. The normalized spacial score (nSPS) is 28.4. The van der Waals surface area contributed by atoms with Gasteiger partial charge in [-0.15, -0.1) is 0 Å². The monoisotopic (exact) mass is 789 g/mol. The van der Waals surface area contributed by atoms with Gasteiger partial charge in [-0.2, -0.15) is 0 Å². The first-order valence-electron chi connectivity index (χ1n) is 17.3. The third kappa shape index (κ3) is 7.22. The largest absolute Gasteiger partial charge is 0.465 e. The lowest BCUT2D eigenvalue weighted by molar-refractivity contribution is -0.140. The zero-order chi connectivity index (χ0) is 35.3. The highest BCUT2D eigenvalue weighted by Crippen LogP contribution is 2.49. The summed E-state index contributed by atoms with van der Waals surface area (Å²) in [6, 6.07) is 9.90. The summed E-state index contributed by atoms with van der Waals surface area (Å²) in [4.78, 5) is 48.6. The number of halogens is 2. The Morgan fingerprint density at radius 3 is 2.62 bits per heavy atom. The Morgan fingerprint density at radius 2 is 1.86 bits per heavy atom. The van der Waals surface area contributed by atoms with Crippen LogP contribution in [0.2, 0.25) is 0 Å². The molecular formula is C35H41BrFN5O6S2. The summed E-state index contributed by atoms with van der Waals surface area (Å²) in [6.07, 6.45) is 6.25. The van der Waals surface area contributed by atoms with Gasteiger partial charge in [0.25, 0.3) is 11.1 Å². The topological polar surface area (TPSA) is 147 Å². The molecule has 3 N–H and O–H groups in total. The third-order valence-corrected chi connectivity index (χ3v) is 14.2. The Kier molecular flexibility index (Phi) is 9.61. The van der Waals surface area contributed by atoms with Crippen LogP contribution in [0.15, 0.2) is 46.9 Å². The van der Waals surface area contributed by atoms with Crippen molar-refractivity contribution < 1.29 is 31.9 Å². The fraction of sp³-hybridized carbons (Fsp3) is 0.543. The molecule has 2 aliphatic heterocycles. The first-order valence-corrected chi connectivity index (χ1v) is 20.4. The number of nitrogens with one attached hydrogen (secondary N) is 3. The number of hydrogen-bond donors (Lipinski definition) is 3. The van der Waals surface area contributed by atoms with Crippen LogP contribution in [0.5, 0.6) is 5.19 Å². The van der Waals surface area contributed by atoms with E-state index < -0.39 is 56.1 Å². The maximum atomic E-state index is 14.4. The van der Waals surface area contributed by atoms with E-state index in [1.165, 1.54) is 28.4 Å². The lowest BCUT2D eigenvalue weighted by Gasteiger charge is -2.30. The van der Waals surface area contributed by atoms with Crippen LogP contribution in [0.3, 0.4) is 0 Å². The minimum atomic E-state index is -3.93. The van der Waals surface area contributed by atoms with E-state index in [0.717, 1.165) is 46.8 Å². The number of hydrogen-bond acceptors (Lipinski definition) is 9. The summed E-state index contributed by atoms with van der Waals surface area (Å²) in [5.74, 6) is -2.25. The zero-order valence-electron chi connectivity index (χ0n) is 27.8. The van der Waals surface area contributed by atoms with Crippen molar-refractivity contribution in [2.24, 2.45) is 5.92 Å². The number of sulfonamides is 1. The first kappa shape index (κ1) is 35.1. The highest BCUT2D eigenvalue weighted by atomic mass is 79.9. The minimum Gasteiger partial charge on any atom is -0.465 e. The van der Waals surface area contributed by atoms with Gasteiger partial charge in [-0.05, 0) is 81.3 Å². The van der Waals surface area contributed by atoms with Crippen LogP contribution in [-0.2, 0) is 24.4 Å². The molecule has 2 aromatic carbocycles. The molecule has 5 atom stereocenters. The van der Waals surface area contributed by atoms with E-state index >= 15 is 0 Å². The van der Waals surface area contributed by atoms with Crippen LogP contribution in [0.4, 0.5) is 10.1 Å². The zero-order valence-corrected chi connectivity index (χ0v) is 31.0. The number of benzene rings is 2. The van der Waals surface area contributed by atoms with Gasteiger partial charge in [-0.25, -0.2) is 17.8 Å². The number of ether oxygens (including phenoxy) is 1. The molecule has 4 aliphatic rings. The Hall–Kier alpha value is -3.30. The summed E-state index contributed by atoms with van der Waals surface area (Å²) in [6.45, 7) is 1.70. The number of aromatic nitrogens is 1. The van der Waals surface area contributed by atoms with Crippen LogP contribution >= 0.6 is 27.3 Å². The summed E-state index contributed by atoms with van der Waals surface area (Å²) < 4.78 is 49.8. The van der Waals surface area contributed by atoms with Crippen molar-refractivity contribution in [2.45, 2.75) is 106 Å². The van der Waals surface area contributed by atoms with Crippen molar-refractivity contribution in [3.63, 3.8) is 0 Å². The fourth-order valence-electron chi connectivity index (χ4n) is 7.20. The molecule has 3 aromatic rings. The summed E-state index contributed by atoms with van der Waals surface area (Å²) in [7, 11) is -3.93. The molecule has 2 saturated carbocycles. The van der Waals surface area contributed by atoms with Gasteiger partial charge in [-0.3, -0.25) is 19.1 Å². The van der Waals surface area contributed by atoms with Crippen molar-refractivity contribution >= 4 is 70.9 Å². The van der Waals surface area contributed by atoms with E-state index in [1.807, 2.05) is 18.2 Å². The molecule has 1 aromatic heterocycles. The highest BCUT2D eigenvalue weighted by molar-refractivity contribution is 9.10. The third-order valence-electron chi connectivity index (χ3n) is 10.6. The lowest BCUT2D eigenvalue weighted by Crippen LogP contribution is -2.58. The molecule has 0 radical (unpaired) electrons. The number of carbonyl (C=O) groups excluding carboxylic acids is 3. The number of rotatable bonds is 7. The number of fused-ring (bicyclic) bond motifs is 3. The molecule has 268 valence electrons. The van der Waals surface area contributed by atoms with Crippen molar-refractivity contribution in [1.82, 2.24) is 19.9 Å². The molecule has 7 rings (SSSR count). The number of amides is 3. The average molecular weight is 791 g/mol. The summed E-state index contributed by atoms with van der Waals surface area (Å²) in [5.41, 5.74) is -0.169. The van der Waals surface area contributed by atoms with Crippen LogP contribution < -0.4 is 20.1 Å². The average Bonchev–Trinajstić information content (AvgIpc) is 3.88. The van der Waals surface area contributed by atoms with E-state index in [4.69, 9.17) is 4.74 Å². The highest BCUT2D eigenvalue weighted by Gasteiger charge is 2.63. The smallest absolute Gasteiger partial charge is 0.274 e. The molecule has 3 heterocycles.